The fraction of sp³-hybridized carbons (Fsp3) is 0.250. The Kier molecular flexibility index (Phi) is 4.53. The normalized spacial score (nSPS) is 13.0. The lowest BCUT2D eigenvalue weighted by molar-refractivity contribution is -0.672. The highest BCUT2D eigenvalue weighted by molar-refractivity contribution is 6.27. The number of aryl methyl sites for hydroxylation is 1. The molecule has 5 heteroatoms. The molecule has 0 bridgehead atoms. The van der Waals surface area contributed by atoms with E-state index in [1.165, 1.54) is 0 Å². The van der Waals surface area contributed by atoms with Crippen molar-refractivity contribution in [2.45, 2.75) is 20.4 Å². The standard InChI is InChI=1S/C20H19N2O2.HI/c1-12(2)10-22-11-21(3)17-18(22)20(24)16-9-14-7-5-4-6-13(14)8-15(16)19(17)23;/h4-9,11-12H,10H2,1-3H3;1H/q+1;/p-1. The van der Waals surface area contributed by atoms with E-state index >= 15 is 0 Å². The zero-order valence-electron chi connectivity index (χ0n) is 14.4. The predicted molar refractivity (Wildman–Crippen MR) is 91.3 cm³/mol. The van der Waals surface area contributed by atoms with E-state index in [9.17, 15) is 9.59 Å². The van der Waals surface area contributed by atoms with Crippen LogP contribution in [0, 0.1) is 5.92 Å². The third-order valence-electron chi connectivity index (χ3n) is 4.54. The first-order chi connectivity index (χ1) is 11.5. The van der Waals surface area contributed by atoms with E-state index in [0.29, 0.717) is 35.0 Å². The summed E-state index contributed by atoms with van der Waals surface area (Å²) in [5, 5.41) is 1.96. The van der Waals surface area contributed by atoms with Crippen LogP contribution in [0.3, 0.4) is 0 Å². The average molecular weight is 446 g/mol. The van der Waals surface area contributed by atoms with Crippen LogP contribution in [0.2, 0.25) is 0 Å². The fourth-order valence-corrected chi connectivity index (χ4v) is 3.54. The Hall–Kier alpha value is -2.02. The lowest BCUT2D eigenvalue weighted by Crippen LogP contribution is -3.00. The number of rotatable bonds is 2. The van der Waals surface area contributed by atoms with Gasteiger partial charge in [0.25, 0.3) is 0 Å². The van der Waals surface area contributed by atoms with Crippen LogP contribution in [-0.2, 0) is 13.6 Å². The van der Waals surface area contributed by atoms with Gasteiger partial charge in [-0.2, -0.15) is 0 Å². The number of hydrogen-bond acceptors (Lipinski definition) is 2. The Morgan fingerprint density at radius 3 is 2.12 bits per heavy atom. The Balaban J connectivity index is 0.00000182. The lowest BCUT2D eigenvalue weighted by Gasteiger charge is -2.14. The molecular weight excluding hydrogens is 427 g/mol. The molecule has 1 aliphatic rings. The molecule has 0 atom stereocenters. The van der Waals surface area contributed by atoms with Crippen molar-refractivity contribution in [1.29, 1.82) is 0 Å². The van der Waals surface area contributed by atoms with Crippen molar-refractivity contribution in [2.75, 3.05) is 0 Å². The second kappa shape index (κ2) is 6.37. The van der Waals surface area contributed by atoms with Gasteiger partial charge < -0.3 is 24.0 Å². The topological polar surface area (TPSA) is 43.0 Å². The molecule has 1 aliphatic carbocycles. The smallest absolute Gasteiger partial charge is 0.244 e. The van der Waals surface area contributed by atoms with Gasteiger partial charge in [0.05, 0.1) is 13.6 Å². The molecular formula is C20H19IN2O2. The van der Waals surface area contributed by atoms with Crippen molar-refractivity contribution in [1.82, 2.24) is 4.57 Å². The van der Waals surface area contributed by atoms with Gasteiger partial charge in [0.15, 0.2) is 0 Å². The monoisotopic (exact) mass is 446 g/mol. The van der Waals surface area contributed by atoms with Gasteiger partial charge in [-0.25, -0.2) is 9.13 Å². The number of benzene rings is 2. The molecule has 25 heavy (non-hydrogen) atoms. The number of fused-ring (bicyclic) bond motifs is 3. The average Bonchev–Trinajstić information content (AvgIpc) is 2.87. The maximum Gasteiger partial charge on any atom is 0.244 e. The van der Waals surface area contributed by atoms with Crippen LogP contribution in [0.4, 0.5) is 0 Å². The fourth-order valence-electron chi connectivity index (χ4n) is 3.54. The molecule has 1 heterocycles. The molecule has 0 radical (unpaired) electrons. The summed E-state index contributed by atoms with van der Waals surface area (Å²) in [4.78, 5) is 26.2. The molecule has 128 valence electrons. The maximum atomic E-state index is 13.1. The quantitative estimate of drug-likeness (QED) is 0.319. The summed E-state index contributed by atoms with van der Waals surface area (Å²) in [6.07, 6.45) is 1.85. The number of hydrogen-bond donors (Lipinski definition) is 0. The highest BCUT2D eigenvalue weighted by atomic mass is 127. The van der Waals surface area contributed by atoms with Gasteiger partial charge >= 0.3 is 0 Å². The Bertz CT molecular complexity index is 1020. The molecule has 0 aliphatic heterocycles. The SMILES string of the molecule is CC(C)Cn1c[n+](C)c2c1C(=O)c1cc3ccccc3cc1C2=O.[I-]. The molecule has 1 aromatic heterocycles. The molecule has 0 unspecified atom stereocenters. The molecule has 4 nitrogen and oxygen atoms in total. The molecule has 2 aromatic carbocycles. The zero-order valence-corrected chi connectivity index (χ0v) is 16.6. The minimum absolute atomic E-state index is 0. The number of nitrogens with zero attached hydrogens (tertiary/aromatic N) is 2. The number of carbonyl (C=O) groups is 2. The number of aromatic nitrogens is 2. The predicted octanol–water partition coefficient (Wildman–Crippen LogP) is -0.0988. The largest absolute Gasteiger partial charge is 1.00 e. The summed E-state index contributed by atoms with van der Waals surface area (Å²) in [6, 6.07) is 11.5. The van der Waals surface area contributed by atoms with Crippen molar-refractivity contribution in [3.05, 3.63) is 65.2 Å². The first-order valence-electron chi connectivity index (χ1n) is 8.18. The van der Waals surface area contributed by atoms with Gasteiger partial charge in [0.2, 0.25) is 29.3 Å². The minimum atomic E-state index is -0.0737. The zero-order chi connectivity index (χ0) is 17.0. The van der Waals surface area contributed by atoms with Crippen LogP contribution in [0.1, 0.15) is 46.0 Å². The Morgan fingerprint density at radius 1 is 1.00 bits per heavy atom. The summed E-state index contributed by atoms with van der Waals surface area (Å²) < 4.78 is 3.69. The van der Waals surface area contributed by atoms with E-state index in [1.807, 2.05) is 54.3 Å². The van der Waals surface area contributed by atoms with Crippen molar-refractivity contribution in [3.63, 3.8) is 0 Å². The second-order valence-corrected chi connectivity index (χ2v) is 6.87. The molecule has 3 aromatic rings. The van der Waals surface area contributed by atoms with Crippen LogP contribution in [-0.4, -0.2) is 16.1 Å². The number of imidazole rings is 1. The summed E-state index contributed by atoms with van der Waals surface area (Å²) in [5.41, 5.74) is 2.02. The maximum absolute atomic E-state index is 13.1. The van der Waals surface area contributed by atoms with Crippen LogP contribution in [0.5, 0.6) is 0 Å². The molecule has 4 rings (SSSR count). The summed E-state index contributed by atoms with van der Waals surface area (Å²) in [5.74, 6) is 0.254. The number of ketones is 2. The first kappa shape index (κ1) is 17.8. The minimum Gasteiger partial charge on any atom is -1.00 e. The van der Waals surface area contributed by atoms with Gasteiger partial charge in [0, 0.05) is 11.1 Å². The third kappa shape index (κ3) is 2.70. The van der Waals surface area contributed by atoms with E-state index in [4.69, 9.17) is 0 Å². The highest BCUT2D eigenvalue weighted by Gasteiger charge is 2.40. The van der Waals surface area contributed by atoms with Crippen LogP contribution in [0.25, 0.3) is 10.8 Å². The van der Waals surface area contributed by atoms with Gasteiger partial charge in [0.1, 0.15) is 0 Å². The van der Waals surface area contributed by atoms with Gasteiger partial charge in [-0.15, -0.1) is 0 Å². The molecule has 0 spiro atoms. The molecule has 0 saturated carbocycles. The third-order valence-corrected chi connectivity index (χ3v) is 4.54. The molecule has 0 N–H and O–H groups in total. The van der Waals surface area contributed by atoms with Crippen molar-refractivity contribution in [2.24, 2.45) is 13.0 Å². The molecule has 0 amide bonds. The summed E-state index contributed by atoms with van der Waals surface area (Å²) in [7, 11) is 1.83. The molecule has 0 fully saturated rings. The first-order valence-corrected chi connectivity index (χ1v) is 8.18. The Morgan fingerprint density at radius 2 is 1.56 bits per heavy atom. The van der Waals surface area contributed by atoms with Gasteiger partial charge in [-0.05, 0) is 28.8 Å². The van der Waals surface area contributed by atoms with E-state index < -0.39 is 0 Å². The lowest BCUT2D eigenvalue weighted by atomic mass is 9.87. The van der Waals surface area contributed by atoms with Crippen molar-refractivity contribution >= 4 is 22.3 Å². The second-order valence-electron chi connectivity index (χ2n) is 6.87. The van der Waals surface area contributed by atoms with E-state index in [0.717, 1.165) is 10.8 Å². The Labute approximate surface area is 163 Å². The van der Waals surface area contributed by atoms with Crippen LogP contribution >= 0.6 is 0 Å². The van der Waals surface area contributed by atoms with Gasteiger partial charge in [-0.1, -0.05) is 38.1 Å². The van der Waals surface area contributed by atoms with Crippen molar-refractivity contribution < 1.29 is 38.1 Å². The summed E-state index contributed by atoms with van der Waals surface area (Å²) in [6.45, 7) is 4.91. The van der Waals surface area contributed by atoms with Crippen LogP contribution < -0.4 is 28.5 Å². The van der Waals surface area contributed by atoms with Gasteiger partial charge in [-0.3, -0.25) is 9.59 Å². The van der Waals surface area contributed by atoms with E-state index in [2.05, 4.69) is 13.8 Å². The number of halogens is 1. The molecule has 0 saturated heterocycles. The van der Waals surface area contributed by atoms with E-state index in [1.54, 1.807) is 4.57 Å². The van der Waals surface area contributed by atoms with E-state index in [-0.39, 0.29) is 35.5 Å². The summed E-state index contributed by atoms with van der Waals surface area (Å²) >= 11 is 0. The van der Waals surface area contributed by atoms with Crippen LogP contribution in [0.15, 0.2) is 42.7 Å². The number of carbonyl (C=O) groups excluding carboxylic acids is 2. The van der Waals surface area contributed by atoms with Crippen molar-refractivity contribution in [3.8, 4) is 0 Å². The highest BCUT2D eigenvalue weighted by Crippen LogP contribution is 2.29.